The van der Waals surface area contributed by atoms with Crippen LogP contribution in [0, 0.1) is 5.92 Å². The molecule has 0 radical (unpaired) electrons. The van der Waals surface area contributed by atoms with Crippen molar-refractivity contribution in [2.45, 2.75) is 39.7 Å². The van der Waals surface area contributed by atoms with Gasteiger partial charge in [-0.2, -0.15) is 0 Å². The minimum absolute atomic E-state index is 0.0794. The fourth-order valence-corrected chi connectivity index (χ4v) is 2.80. The van der Waals surface area contributed by atoms with Gasteiger partial charge in [0, 0.05) is 31.6 Å². The lowest BCUT2D eigenvalue weighted by molar-refractivity contribution is -0.131. The number of piperidine rings is 1. The first-order chi connectivity index (χ1) is 12.3. The highest BCUT2D eigenvalue weighted by atomic mass is 16.5. The van der Waals surface area contributed by atoms with Gasteiger partial charge >= 0.3 is 5.97 Å². The third-order valence-electron chi connectivity index (χ3n) is 4.10. The van der Waals surface area contributed by atoms with Gasteiger partial charge in [-0.3, -0.25) is 14.4 Å². The van der Waals surface area contributed by atoms with E-state index in [1.165, 1.54) is 6.92 Å². The molecule has 0 bridgehead atoms. The van der Waals surface area contributed by atoms with E-state index in [1.807, 2.05) is 19.9 Å². The number of amides is 2. The van der Waals surface area contributed by atoms with Crippen LogP contribution in [0.4, 0.5) is 0 Å². The molecule has 1 aromatic rings. The number of allylic oxidation sites excluding steroid dienone is 1. The maximum absolute atomic E-state index is 12.6. The van der Waals surface area contributed by atoms with Crippen LogP contribution in [-0.2, 0) is 9.59 Å². The molecule has 26 heavy (non-hydrogen) atoms. The molecule has 1 aliphatic rings. The lowest BCUT2D eigenvalue weighted by atomic mass is 10.0. The number of rotatable bonds is 5. The SMILES string of the molecule is CC(=O)Oc1cccc(C(=O)N2CCC(NC(=O)/C=C/C(C)C)CC2)c1. The van der Waals surface area contributed by atoms with Gasteiger partial charge in [0.1, 0.15) is 5.75 Å². The maximum atomic E-state index is 12.6. The first kappa shape index (κ1) is 19.7. The number of carbonyl (C=O) groups is 3. The minimum Gasteiger partial charge on any atom is -0.427 e. The molecule has 140 valence electrons. The number of esters is 1. The Morgan fingerprint density at radius 2 is 1.92 bits per heavy atom. The largest absolute Gasteiger partial charge is 0.427 e. The number of benzene rings is 1. The first-order valence-electron chi connectivity index (χ1n) is 8.91. The molecule has 2 rings (SSSR count). The maximum Gasteiger partial charge on any atom is 0.308 e. The van der Waals surface area contributed by atoms with E-state index in [1.54, 1.807) is 35.2 Å². The van der Waals surface area contributed by atoms with Crippen molar-refractivity contribution in [1.82, 2.24) is 10.2 Å². The van der Waals surface area contributed by atoms with Crippen LogP contribution in [0.15, 0.2) is 36.4 Å². The Balaban J connectivity index is 1.88. The van der Waals surface area contributed by atoms with Gasteiger partial charge in [-0.1, -0.05) is 26.0 Å². The number of carbonyl (C=O) groups excluding carboxylic acids is 3. The summed E-state index contributed by atoms with van der Waals surface area (Å²) < 4.78 is 5.03. The summed E-state index contributed by atoms with van der Waals surface area (Å²) in [6.07, 6.45) is 4.88. The summed E-state index contributed by atoms with van der Waals surface area (Å²) in [5.41, 5.74) is 0.492. The summed E-state index contributed by atoms with van der Waals surface area (Å²) in [5, 5.41) is 2.98. The number of nitrogens with one attached hydrogen (secondary N) is 1. The van der Waals surface area contributed by atoms with E-state index >= 15 is 0 Å². The molecule has 0 spiro atoms. The van der Waals surface area contributed by atoms with E-state index in [9.17, 15) is 14.4 Å². The van der Waals surface area contributed by atoms with Gasteiger partial charge < -0.3 is 15.0 Å². The molecule has 1 N–H and O–H groups in total. The van der Waals surface area contributed by atoms with Crippen molar-refractivity contribution in [3.05, 3.63) is 42.0 Å². The highest BCUT2D eigenvalue weighted by molar-refractivity contribution is 5.95. The molecule has 0 saturated carbocycles. The number of hydrogen-bond acceptors (Lipinski definition) is 4. The fraction of sp³-hybridized carbons (Fsp3) is 0.450. The van der Waals surface area contributed by atoms with Crippen molar-refractivity contribution in [2.24, 2.45) is 5.92 Å². The second kappa shape index (κ2) is 9.17. The van der Waals surface area contributed by atoms with Gasteiger partial charge in [0.15, 0.2) is 0 Å². The summed E-state index contributed by atoms with van der Waals surface area (Å²) in [7, 11) is 0. The Morgan fingerprint density at radius 1 is 1.23 bits per heavy atom. The second-order valence-corrected chi connectivity index (χ2v) is 6.80. The highest BCUT2D eigenvalue weighted by Gasteiger charge is 2.24. The second-order valence-electron chi connectivity index (χ2n) is 6.80. The van der Waals surface area contributed by atoms with Gasteiger partial charge in [-0.15, -0.1) is 0 Å². The molecule has 1 fully saturated rings. The predicted molar refractivity (Wildman–Crippen MR) is 98.8 cm³/mol. The summed E-state index contributed by atoms with van der Waals surface area (Å²) >= 11 is 0. The molecule has 1 heterocycles. The average molecular weight is 358 g/mol. The monoisotopic (exact) mass is 358 g/mol. The Morgan fingerprint density at radius 3 is 2.54 bits per heavy atom. The molecule has 0 aromatic heterocycles. The van der Waals surface area contributed by atoms with Gasteiger partial charge in [0.2, 0.25) is 5.91 Å². The molecule has 1 aromatic carbocycles. The third-order valence-corrected chi connectivity index (χ3v) is 4.10. The first-order valence-corrected chi connectivity index (χ1v) is 8.91. The molecule has 6 nitrogen and oxygen atoms in total. The average Bonchev–Trinajstić information content (AvgIpc) is 2.60. The van der Waals surface area contributed by atoms with Crippen LogP contribution < -0.4 is 10.1 Å². The Hall–Kier alpha value is -2.63. The normalized spacial score (nSPS) is 15.3. The molecule has 0 aliphatic carbocycles. The smallest absolute Gasteiger partial charge is 0.308 e. The van der Waals surface area contributed by atoms with E-state index in [0.717, 1.165) is 12.8 Å². The van der Waals surface area contributed by atoms with Gasteiger partial charge in [-0.25, -0.2) is 0 Å². The van der Waals surface area contributed by atoms with Crippen LogP contribution in [0.3, 0.4) is 0 Å². The van der Waals surface area contributed by atoms with Gasteiger partial charge in [0.25, 0.3) is 5.91 Å². The molecule has 0 unspecified atom stereocenters. The Kier molecular flexibility index (Phi) is 6.95. The van der Waals surface area contributed by atoms with Crippen LogP contribution in [0.1, 0.15) is 44.0 Å². The quantitative estimate of drug-likeness (QED) is 0.499. The zero-order chi connectivity index (χ0) is 19.1. The zero-order valence-corrected chi connectivity index (χ0v) is 15.5. The number of ether oxygens (including phenoxy) is 1. The van der Waals surface area contributed by atoms with Crippen molar-refractivity contribution in [3.8, 4) is 5.75 Å². The van der Waals surface area contributed by atoms with Crippen molar-refractivity contribution in [2.75, 3.05) is 13.1 Å². The molecular weight excluding hydrogens is 332 g/mol. The lowest BCUT2D eigenvalue weighted by Crippen LogP contribution is -2.46. The lowest BCUT2D eigenvalue weighted by Gasteiger charge is -2.32. The van der Waals surface area contributed by atoms with E-state index in [4.69, 9.17) is 4.74 Å². The third kappa shape index (κ3) is 6.02. The zero-order valence-electron chi connectivity index (χ0n) is 15.5. The van der Waals surface area contributed by atoms with Crippen molar-refractivity contribution >= 4 is 17.8 Å². The molecular formula is C20H26N2O4. The molecule has 1 aliphatic heterocycles. The standard InChI is InChI=1S/C20H26N2O4/c1-14(2)7-8-19(24)21-17-9-11-22(12-10-17)20(25)16-5-4-6-18(13-16)26-15(3)23/h4-8,13-14,17H,9-12H2,1-3H3,(H,21,24)/b8-7+. The molecule has 1 saturated heterocycles. The fourth-order valence-electron chi connectivity index (χ4n) is 2.80. The molecule has 0 atom stereocenters. The van der Waals surface area contributed by atoms with E-state index in [2.05, 4.69) is 5.32 Å². The molecule has 6 heteroatoms. The topological polar surface area (TPSA) is 75.7 Å². The van der Waals surface area contributed by atoms with Gasteiger partial charge in [-0.05, 0) is 43.0 Å². The van der Waals surface area contributed by atoms with Crippen molar-refractivity contribution in [3.63, 3.8) is 0 Å². The van der Waals surface area contributed by atoms with Crippen molar-refractivity contribution < 1.29 is 19.1 Å². The number of nitrogens with zero attached hydrogens (tertiary/aromatic N) is 1. The number of likely N-dealkylation sites (tertiary alicyclic amines) is 1. The minimum atomic E-state index is -0.419. The van der Waals surface area contributed by atoms with Gasteiger partial charge in [0.05, 0.1) is 0 Å². The summed E-state index contributed by atoms with van der Waals surface area (Å²) in [6.45, 7) is 6.52. The Bertz CT molecular complexity index is 689. The summed E-state index contributed by atoms with van der Waals surface area (Å²) in [6, 6.07) is 6.70. The van der Waals surface area contributed by atoms with Crippen LogP contribution in [0.25, 0.3) is 0 Å². The van der Waals surface area contributed by atoms with Crippen molar-refractivity contribution in [1.29, 1.82) is 0 Å². The van der Waals surface area contributed by atoms with E-state index in [0.29, 0.717) is 30.3 Å². The van der Waals surface area contributed by atoms with Crippen LogP contribution in [0.2, 0.25) is 0 Å². The number of hydrogen-bond donors (Lipinski definition) is 1. The van der Waals surface area contributed by atoms with E-state index < -0.39 is 5.97 Å². The summed E-state index contributed by atoms with van der Waals surface area (Å²) in [4.78, 5) is 37.3. The van der Waals surface area contributed by atoms with E-state index in [-0.39, 0.29) is 17.9 Å². The van der Waals surface area contributed by atoms with Crippen LogP contribution in [-0.4, -0.2) is 41.8 Å². The highest BCUT2D eigenvalue weighted by Crippen LogP contribution is 2.18. The molecule has 2 amide bonds. The van der Waals surface area contributed by atoms with Crippen LogP contribution >= 0.6 is 0 Å². The predicted octanol–water partition coefficient (Wildman–Crippen LogP) is 2.54. The Labute approximate surface area is 154 Å². The summed E-state index contributed by atoms with van der Waals surface area (Å²) in [5.74, 6) is 0.101. The van der Waals surface area contributed by atoms with Crippen LogP contribution in [0.5, 0.6) is 5.75 Å².